The van der Waals surface area contributed by atoms with E-state index >= 15 is 0 Å². The molecule has 34 heavy (non-hydrogen) atoms. The minimum absolute atomic E-state index is 0.165. The van der Waals surface area contributed by atoms with Crippen molar-refractivity contribution in [3.63, 3.8) is 0 Å². The number of benzene rings is 2. The van der Waals surface area contributed by atoms with E-state index in [2.05, 4.69) is 24.4 Å². The van der Waals surface area contributed by atoms with Gasteiger partial charge in [-0.05, 0) is 35.6 Å². The number of Topliss-reactive ketones (excluding diaryl/α,β-unsaturated/α-hetero) is 1. The molecule has 1 aliphatic carbocycles. The lowest BCUT2D eigenvalue weighted by Gasteiger charge is -2.34. The van der Waals surface area contributed by atoms with Gasteiger partial charge in [0.25, 0.3) is 0 Å². The van der Waals surface area contributed by atoms with Gasteiger partial charge in [-0.2, -0.15) is 4.98 Å². The second-order valence-electron chi connectivity index (χ2n) is 9.05. The molecule has 2 atom stereocenters. The lowest BCUT2D eigenvalue weighted by molar-refractivity contribution is -0.117. The highest BCUT2D eigenvalue weighted by Crippen LogP contribution is 2.44. The number of allylic oxidation sites excluding steroid dienone is 2. The van der Waals surface area contributed by atoms with Gasteiger partial charge in [-0.25, -0.2) is 4.68 Å². The normalized spacial score (nSPS) is 21.4. The van der Waals surface area contributed by atoms with Crippen LogP contribution in [0.1, 0.15) is 43.4 Å². The molecular formula is C26H26N4O3S. The number of nitrogens with zero attached hydrogens (tertiary/aromatic N) is 3. The third-order valence-corrected chi connectivity index (χ3v) is 7.31. The van der Waals surface area contributed by atoms with Crippen molar-refractivity contribution < 1.29 is 14.3 Å². The van der Waals surface area contributed by atoms with E-state index in [0.29, 0.717) is 42.4 Å². The Morgan fingerprint density at radius 1 is 1.09 bits per heavy atom. The third kappa shape index (κ3) is 3.96. The minimum atomic E-state index is -0.345. The van der Waals surface area contributed by atoms with Crippen molar-refractivity contribution in [3.8, 4) is 11.5 Å². The van der Waals surface area contributed by atoms with Gasteiger partial charge in [0.15, 0.2) is 17.3 Å². The van der Waals surface area contributed by atoms with Crippen LogP contribution in [-0.4, -0.2) is 33.8 Å². The van der Waals surface area contributed by atoms with Gasteiger partial charge in [-0.15, -0.1) is 5.10 Å². The second-order valence-corrected chi connectivity index (χ2v) is 9.99. The monoisotopic (exact) mass is 474 g/mol. The Bertz CT molecular complexity index is 1270. The van der Waals surface area contributed by atoms with Gasteiger partial charge in [0.05, 0.1) is 13.2 Å². The molecule has 6 rings (SSSR count). The summed E-state index contributed by atoms with van der Waals surface area (Å²) in [6, 6.07) is 15.9. The summed E-state index contributed by atoms with van der Waals surface area (Å²) in [6.07, 6.45) is 2.21. The molecule has 2 unspecified atom stereocenters. The van der Waals surface area contributed by atoms with Gasteiger partial charge in [0.1, 0.15) is 6.04 Å². The van der Waals surface area contributed by atoms with Crippen LogP contribution in [0.5, 0.6) is 11.5 Å². The first kappa shape index (κ1) is 21.3. The van der Waals surface area contributed by atoms with E-state index in [9.17, 15) is 4.79 Å². The molecule has 8 heteroatoms. The van der Waals surface area contributed by atoms with Gasteiger partial charge >= 0.3 is 0 Å². The summed E-state index contributed by atoms with van der Waals surface area (Å²) in [4.78, 5) is 18.1. The van der Waals surface area contributed by atoms with Crippen molar-refractivity contribution in [2.24, 2.45) is 5.92 Å². The summed E-state index contributed by atoms with van der Waals surface area (Å²) in [5.74, 6) is 3.37. The van der Waals surface area contributed by atoms with Crippen LogP contribution in [-0.2, 0) is 10.5 Å². The Morgan fingerprint density at radius 2 is 1.91 bits per heavy atom. The largest absolute Gasteiger partial charge is 0.490 e. The number of rotatable bonds is 4. The first-order valence-electron chi connectivity index (χ1n) is 11.7. The SMILES string of the molecule is CC1CC(=O)C2=C(C1)Nc1nc(SCc3ccccc3)nn1C2c1ccc2c(c1)OCCCO2. The van der Waals surface area contributed by atoms with Crippen LogP contribution in [0.15, 0.2) is 65.0 Å². The van der Waals surface area contributed by atoms with Gasteiger partial charge < -0.3 is 14.8 Å². The number of aromatic nitrogens is 3. The smallest absolute Gasteiger partial charge is 0.227 e. The zero-order valence-electron chi connectivity index (χ0n) is 19.0. The Labute approximate surface area is 202 Å². The van der Waals surface area contributed by atoms with Crippen molar-refractivity contribution >= 4 is 23.5 Å². The van der Waals surface area contributed by atoms with Crippen molar-refractivity contribution in [1.82, 2.24) is 14.8 Å². The summed E-state index contributed by atoms with van der Waals surface area (Å²) in [6.45, 7) is 3.37. The molecule has 0 radical (unpaired) electrons. The quantitative estimate of drug-likeness (QED) is 0.533. The highest BCUT2D eigenvalue weighted by atomic mass is 32.2. The van der Waals surface area contributed by atoms with E-state index in [1.807, 2.05) is 41.1 Å². The average molecular weight is 475 g/mol. The molecule has 2 aromatic carbocycles. The molecule has 3 aromatic rings. The van der Waals surface area contributed by atoms with Gasteiger partial charge in [-0.3, -0.25) is 4.79 Å². The number of nitrogens with one attached hydrogen (secondary N) is 1. The number of hydrogen-bond donors (Lipinski definition) is 1. The summed E-state index contributed by atoms with van der Waals surface area (Å²) in [5.41, 5.74) is 3.91. The van der Waals surface area contributed by atoms with Gasteiger partial charge in [-0.1, -0.05) is 55.1 Å². The molecular weight excluding hydrogens is 448 g/mol. The maximum Gasteiger partial charge on any atom is 0.227 e. The standard InChI is InChI=1S/C26H26N4O3S/c1-16-12-19-23(20(31)13-16)24(18-8-9-21-22(14-18)33-11-5-10-32-21)30-25(27-19)28-26(29-30)34-15-17-6-3-2-4-7-17/h2-4,6-9,14,16,24H,5,10-13,15H2,1H3,(H,27,28,29). The molecule has 0 bridgehead atoms. The molecule has 1 N–H and O–H groups in total. The van der Waals surface area contributed by atoms with Crippen LogP contribution in [0.2, 0.25) is 0 Å². The second kappa shape index (κ2) is 8.83. The highest BCUT2D eigenvalue weighted by Gasteiger charge is 2.39. The van der Waals surface area contributed by atoms with E-state index < -0.39 is 0 Å². The van der Waals surface area contributed by atoms with Crippen LogP contribution < -0.4 is 14.8 Å². The molecule has 0 spiro atoms. The lowest BCUT2D eigenvalue weighted by Crippen LogP contribution is -2.33. The molecule has 174 valence electrons. The lowest BCUT2D eigenvalue weighted by atomic mass is 9.81. The van der Waals surface area contributed by atoms with Gasteiger partial charge in [0, 0.05) is 29.9 Å². The fourth-order valence-electron chi connectivity index (χ4n) is 4.83. The van der Waals surface area contributed by atoms with Crippen LogP contribution in [0.25, 0.3) is 0 Å². The van der Waals surface area contributed by atoms with E-state index in [-0.39, 0.29) is 11.8 Å². The number of ether oxygens (including phenoxy) is 2. The molecule has 3 aliphatic rings. The summed E-state index contributed by atoms with van der Waals surface area (Å²) in [7, 11) is 0. The molecule has 3 heterocycles. The number of hydrogen-bond acceptors (Lipinski definition) is 7. The Morgan fingerprint density at radius 3 is 2.76 bits per heavy atom. The third-order valence-electron chi connectivity index (χ3n) is 6.40. The topological polar surface area (TPSA) is 78.3 Å². The van der Waals surface area contributed by atoms with Crippen molar-refractivity contribution in [3.05, 3.63) is 70.9 Å². The molecule has 0 saturated carbocycles. The Kier molecular flexibility index (Phi) is 5.53. The zero-order valence-corrected chi connectivity index (χ0v) is 19.8. The first-order chi connectivity index (χ1) is 16.7. The van der Waals surface area contributed by atoms with Crippen molar-refractivity contribution in [2.45, 2.75) is 43.1 Å². The van der Waals surface area contributed by atoms with E-state index in [0.717, 1.165) is 41.2 Å². The molecule has 0 saturated heterocycles. The maximum absolute atomic E-state index is 13.3. The number of thioether (sulfide) groups is 1. The number of fused-ring (bicyclic) bond motifs is 2. The van der Waals surface area contributed by atoms with Crippen LogP contribution >= 0.6 is 11.8 Å². The number of carbonyl (C=O) groups is 1. The predicted octanol–water partition coefficient (Wildman–Crippen LogP) is 5.00. The highest BCUT2D eigenvalue weighted by molar-refractivity contribution is 7.98. The molecule has 1 aromatic heterocycles. The molecule has 7 nitrogen and oxygen atoms in total. The van der Waals surface area contributed by atoms with E-state index in [1.54, 1.807) is 11.8 Å². The summed E-state index contributed by atoms with van der Waals surface area (Å²) >= 11 is 1.59. The first-order valence-corrected chi connectivity index (χ1v) is 12.7. The minimum Gasteiger partial charge on any atom is -0.490 e. The van der Waals surface area contributed by atoms with Crippen molar-refractivity contribution in [1.29, 1.82) is 0 Å². The van der Waals surface area contributed by atoms with Gasteiger partial charge in [0.2, 0.25) is 11.1 Å². The van der Waals surface area contributed by atoms with Crippen molar-refractivity contribution in [2.75, 3.05) is 18.5 Å². The van der Waals surface area contributed by atoms with Crippen LogP contribution in [0.3, 0.4) is 0 Å². The molecule has 2 aliphatic heterocycles. The number of carbonyl (C=O) groups excluding carboxylic acids is 1. The molecule has 0 amide bonds. The summed E-state index contributed by atoms with van der Waals surface area (Å²) < 4.78 is 13.6. The predicted molar refractivity (Wildman–Crippen MR) is 130 cm³/mol. The zero-order chi connectivity index (χ0) is 23.1. The fourth-order valence-corrected chi connectivity index (χ4v) is 5.61. The average Bonchev–Trinajstić information content (AvgIpc) is 3.09. The Hall–Kier alpha value is -3.26. The van der Waals surface area contributed by atoms with E-state index in [4.69, 9.17) is 19.6 Å². The molecule has 0 fully saturated rings. The Balaban J connectivity index is 1.39. The van der Waals surface area contributed by atoms with E-state index in [1.165, 1.54) is 5.56 Å². The maximum atomic E-state index is 13.3. The van der Waals surface area contributed by atoms with Crippen LogP contribution in [0.4, 0.5) is 5.95 Å². The fraction of sp³-hybridized carbons (Fsp3) is 0.346. The van der Waals surface area contributed by atoms with Crippen LogP contribution in [0, 0.1) is 5.92 Å². The number of anilines is 1. The summed E-state index contributed by atoms with van der Waals surface area (Å²) in [5, 5.41) is 8.96. The number of ketones is 1.